The Bertz CT molecular complexity index is 2090. The number of rotatable bonds is 5. The Morgan fingerprint density at radius 1 is 0.545 bits per heavy atom. The first-order valence-electron chi connectivity index (χ1n) is 15.2. The van der Waals surface area contributed by atoms with Gasteiger partial charge in [-0.25, -0.2) is 0 Å². The summed E-state index contributed by atoms with van der Waals surface area (Å²) in [7, 11) is 0. The van der Waals surface area contributed by atoms with Gasteiger partial charge in [0.1, 0.15) is 0 Å². The Balaban J connectivity index is 1.56. The monoisotopic (exact) mass is 565 g/mol. The molecule has 1 heteroatoms. The van der Waals surface area contributed by atoms with E-state index >= 15 is 0 Å². The smallest absolute Gasteiger partial charge is 0.0461 e. The SMILES string of the molecule is C=c1cccc/c1=C1/C(=C\N(c2ccccc2)c2cccc(-c3ccccc3)c2)c2c(-c3ccccc3)cccc2C1(C)C. The van der Waals surface area contributed by atoms with Gasteiger partial charge < -0.3 is 4.90 Å². The zero-order valence-corrected chi connectivity index (χ0v) is 25.2. The highest BCUT2D eigenvalue weighted by Gasteiger charge is 2.40. The molecule has 0 N–H and O–H groups in total. The molecule has 0 heterocycles. The highest BCUT2D eigenvalue weighted by Crippen LogP contribution is 2.53. The molecule has 0 saturated heterocycles. The lowest BCUT2D eigenvalue weighted by Gasteiger charge is -2.25. The van der Waals surface area contributed by atoms with Crippen molar-refractivity contribution in [2.45, 2.75) is 19.3 Å². The number of allylic oxidation sites excluding steroid dienone is 1. The summed E-state index contributed by atoms with van der Waals surface area (Å²) < 4.78 is 0. The van der Waals surface area contributed by atoms with E-state index in [1.54, 1.807) is 0 Å². The van der Waals surface area contributed by atoms with Crippen molar-refractivity contribution in [3.63, 3.8) is 0 Å². The fraction of sp³-hybridized carbons (Fsp3) is 0.0698. The molecule has 44 heavy (non-hydrogen) atoms. The Hall–Kier alpha value is -5.40. The molecule has 7 rings (SSSR count). The lowest BCUT2D eigenvalue weighted by Crippen LogP contribution is -2.31. The van der Waals surface area contributed by atoms with E-state index in [0.29, 0.717) is 0 Å². The van der Waals surface area contributed by atoms with Gasteiger partial charge in [-0.2, -0.15) is 0 Å². The van der Waals surface area contributed by atoms with E-state index in [2.05, 4.69) is 189 Å². The van der Waals surface area contributed by atoms with Crippen LogP contribution in [0.1, 0.15) is 25.0 Å². The third-order valence-electron chi connectivity index (χ3n) is 8.80. The van der Waals surface area contributed by atoms with Crippen molar-refractivity contribution in [1.82, 2.24) is 0 Å². The maximum Gasteiger partial charge on any atom is 0.0461 e. The van der Waals surface area contributed by atoms with E-state index < -0.39 is 0 Å². The average molecular weight is 566 g/mol. The van der Waals surface area contributed by atoms with Crippen LogP contribution < -0.4 is 15.3 Å². The number of benzene rings is 6. The molecule has 0 aliphatic heterocycles. The molecule has 1 aliphatic rings. The van der Waals surface area contributed by atoms with Gasteiger partial charge in [-0.1, -0.05) is 154 Å². The van der Waals surface area contributed by atoms with Crippen molar-refractivity contribution in [2.75, 3.05) is 4.90 Å². The molecule has 0 aromatic heterocycles. The second-order valence-corrected chi connectivity index (χ2v) is 11.9. The number of hydrogen-bond donors (Lipinski definition) is 0. The lowest BCUT2D eigenvalue weighted by molar-refractivity contribution is 0.709. The van der Waals surface area contributed by atoms with Crippen molar-refractivity contribution < 1.29 is 0 Å². The van der Waals surface area contributed by atoms with Crippen LogP contribution in [0.2, 0.25) is 0 Å². The lowest BCUT2D eigenvalue weighted by atomic mass is 9.80. The van der Waals surface area contributed by atoms with Crippen molar-refractivity contribution in [3.8, 4) is 22.3 Å². The van der Waals surface area contributed by atoms with Gasteiger partial charge in [0.2, 0.25) is 0 Å². The first-order chi connectivity index (χ1) is 21.5. The van der Waals surface area contributed by atoms with E-state index in [9.17, 15) is 0 Å². The first kappa shape index (κ1) is 27.4. The van der Waals surface area contributed by atoms with Crippen molar-refractivity contribution >= 4 is 29.1 Å². The minimum Gasteiger partial charge on any atom is -0.317 e. The van der Waals surface area contributed by atoms with Crippen LogP contribution in [0.5, 0.6) is 0 Å². The van der Waals surface area contributed by atoms with Crippen LogP contribution >= 0.6 is 0 Å². The van der Waals surface area contributed by atoms with Gasteiger partial charge in [0.15, 0.2) is 0 Å². The summed E-state index contributed by atoms with van der Waals surface area (Å²) >= 11 is 0. The molecular weight excluding hydrogens is 530 g/mol. The molecular formula is C43H35N. The van der Waals surface area contributed by atoms with Crippen LogP contribution in [0.3, 0.4) is 0 Å². The molecule has 1 nitrogen and oxygen atoms in total. The highest BCUT2D eigenvalue weighted by atomic mass is 15.1. The van der Waals surface area contributed by atoms with Crippen LogP contribution in [-0.2, 0) is 5.41 Å². The van der Waals surface area contributed by atoms with Crippen LogP contribution in [0.4, 0.5) is 11.4 Å². The summed E-state index contributed by atoms with van der Waals surface area (Å²) in [6, 6.07) is 56.2. The van der Waals surface area contributed by atoms with E-state index in [1.807, 2.05) is 0 Å². The van der Waals surface area contributed by atoms with Crippen molar-refractivity contribution in [1.29, 1.82) is 0 Å². The molecule has 1 aliphatic carbocycles. The molecule has 0 fully saturated rings. The Labute approximate surface area is 260 Å². The predicted octanol–water partition coefficient (Wildman–Crippen LogP) is 9.75. The van der Waals surface area contributed by atoms with E-state index in [1.165, 1.54) is 49.7 Å². The molecule has 0 radical (unpaired) electrons. The number of para-hydroxylation sites is 1. The molecule has 212 valence electrons. The zero-order chi connectivity index (χ0) is 30.1. The maximum atomic E-state index is 4.49. The van der Waals surface area contributed by atoms with Gasteiger partial charge in [-0.15, -0.1) is 0 Å². The van der Waals surface area contributed by atoms with Crippen molar-refractivity contribution in [2.24, 2.45) is 0 Å². The first-order valence-corrected chi connectivity index (χ1v) is 15.2. The van der Waals surface area contributed by atoms with Gasteiger partial charge >= 0.3 is 0 Å². The second kappa shape index (κ2) is 11.4. The second-order valence-electron chi connectivity index (χ2n) is 11.9. The van der Waals surface area contributed by atoms with Crippen LogP contribution in [-0.4, -0.2) is 0 Å². The number of fused-ring (bicyclic) bond motifs is 1. The summed E-state index contributed by atoms with van der Waals surface area (Å²) in [6.45, 7) is 9.19. The normalized spacial score (nSPS) is 15.6. The number of hydrogen-bond acceptors (Lipinski definition) is 1. The molecule has 6 aromatic carbocycles. The molecule has 0 spiro atoms. The molecule has 0 atom stereocenters. The third kappa shape index (κ3) is 4.87. The summed E-state index contributed by atoms with van der Waals surface area (Å²) in [4.78, 5) is 2.35. The quantitative estimate of drug-likeness (QED) is 0.201. The highest BCUT2D eigenvalue weighted by molar-refractivity contribution is 6.11. The molecule has 0 amide bonds. The van der Waals surface area contributed by atoms with Crippen molar-refractivity contribution in [3.05, 3.63) is 185 Å². The summed E-state index contributed by atoms with van der Waals surface area (Å²) in [5, 5.41) is 2.22. The largest absolute Gasteiger partial charge is 0.317 e. The third-order valence-corrected chi connectivity index (χ3v) is 8.80. The minimum absolute atomic E-state index is 0.242. The van der Waals surface area contributed by atoms with Gasteiger partial charge in [-0.3, -0.25) is 0 Å². The number of anilines is 2. The predicted molar refractivity (Wildman–Crippen MR) is 188 cm³/mol. The summed E-state index contributed by atoms with van der Waals surface area (Å²) in [6.07, 6.45) is 2.36. The van der Waals surface area contributed by atoms with E-state index in [-0.39, 0.29) is 5.41 Å². The van der Waals surface area contributed by atoms with Gasteiger partial charge in [-0.05, 0) is 73.7 Å². The van der Waals surface area contributed by atoms with Gasteiger partial charge in [0, 0.05) is 28.6 Å². The Kier molecular flexibility index (Phi) is 7.08. The Morgan fingerprint density at radius 2 is 1.11 bits per heavy atom. The van der Waals surface area contributed by atoms with E-state index in [0.717, 1.165) is 16.6 Å². The fourth-order valence-electron chi connectivity index (χ4n) is 6.67. The van der Waals surface area contributed by atoms with Gasteiger partial charge in [0.05, 0.1) is 0 Å². The topological polar surface area (TPSA) is 3.24 Å². The zero-order valence-electron chi connectivity index (χ0n) is 25.2. The minimum atomic E-state index is -0.242. The Morgan fingerprint density at radius 3 is 1.82 bits per heavy atom. The maximum absolute atomic E-state index is 4.49. The van der Waals surface area contributed by atoms with Crippen LogP contribution in [0.25, 0.3) is 40.0 Å². The molecule has 0 saturated carbocycles. The molecule has 6 aromatic rings. The van der Waals surface area contributed by atoms with Crippen LogP contribution in [0, 0.1) is 0 Å². The molecule has 0 unspecified atom stereocenters. The average Bonchev–Trinajstić information content (AvgIpc) is 3.30. The van der Waals surface area contributed by atoms with Gasteiger partial charge in [0.25, 0.3) is 0 Å². The van der Waals surface area contributed by atoms with E-state index in [4.69, 9.17) is 0 Å². The summed E-state index contributed by atoms with van der Waals surface area (Å²) in [5.41, 5.74) is 11.9. The fourth-order valence-corrected chi connectivity index (χ4v) is 6.67. The number of nitrogens with zero attached hydrogens (tertiary/aromatic N) is 1. The summed E-state index contributed by atoms with van der Waals surface area (Å²) in [5.74, 6) is 0. The molecule has 0 bridgehead atoms. The van der Waals surface area contributed by atoms with Crippen LogP contribution in [0.15, 0.2) is 164 Å². The standard InChI is InChI=1S/C43H35N/c1-31-17-13-14-26-37(31)42-39(41-38(33-20-9-5-10-21-33)27-16-28-40(41)43(42,2)3)30-44(35-23-11-6-12-24-35)36-25-15-22-34(29-36)32-18-7-4-8-19-32/h4-30H,1H2,2-3H3/b39-30-,42-37+.